The molecule has 0 bridgehead atoms. The van der Waals surface area contributed by atoms with Gasteiger partial charge in [0.15, 0.2) is 10.9 Å². The Kier molecular flexibility index (Phi) is 5.35. The van der Waals surface area contributed by atoms with Crippen molar-refractivity contribution < 1.29 is 4.79 Å². The summed E-state index contributed by atoms with van der Waals surface area (Å²) in [4.78, 5) is 15.2. The number of nitrogens with one attached hydrogen (secondary N) is 1. The van der Waals surface area contributed by atoms with Crippen LogP contribution >= 0.6 is 28.1 Å². The second kappa shape index (κ2) is 7.50. The van der Waals surface area contributed by atoms with Crippen molar-refractivity contribution in [1.82, 2.24) is 10.2 Å². The molecule has 1 aliphatic heterocycles. The molecule has 3 nitrogen and oxygen atoms in total. The van der Waals surface area contributed by atoms with Gasteiger partial charge in [-0.1, -0.05) is 58.4 Å². The lowest BCUT2D eigenvalue weighted by molar-refractivity contribution is 0.102. The summed E-state index contributed by atoms with van der Waals surface area (Å²) in [6.45, 7) is 4.72. The van der Waals surface area contributed by atoms with Crippen molar-refractivity contribution in [3.05, 3.63) is 81.5 Å². The summed E-state index contributed by atoms with van der Waals surface area (Å²) in [6, 6.07) is 17.1. The highest BCUT2D eigenvalue weighted by Crippen LogP contribution is 2.33. The Bertz CT molecular complexity index is 831. The molecule has 0 fully saturated rings. The number of thiocarbonyl (C=S) groups is 1. The van der Waals surface area contributed by atoms with Crippen molar-refractivity contribution in [1.29, 1.82) is 0 Å². The Hall–Kier alpha value is -1.98. The minimum Gasteiger partial charge on any atom is -0.351 e. The second-order valence-electron chi connectivity index (χ2n) is 5.87. The predicted octanol–water partition coefficient (Wildman–Crippen LogP) is 4.86. The monoisotopic (exact) mass is 414 g/mol. The molecule has 0 aliphatic carbocycles. The number of carbonyl (C=O) groups is 1. The maximum Gasteiger partial charge on any atom is 0.193 e. The van der Waals surface area contributed by atoms with Crippen LogP contribution in [-0.4, -0.2) is 22.3 Å². The zero-order valence-electron chi connectivity index (χ0n) is 14.1. The van der Waals surface area contributed by atoms with Gasteiger partial charge in [-0.15, -0.1) is 0 Å². The van der Waals surface area contributed by atoms with Crippen molar-refractivity contribution in [3.63, 3.8) is 0 Å². The van der Waals surface area contributed by atoms with Gasteiger partial charge >= 0.3 is 0 Å². The van der Waals surface area contributed by atoms with Crippen LogP contribution in [0.2, 0.25) is 0 Å². The minimum absolute atomic E-state index is 0.0273. The number of halogens is 1. The fourth-order valence-electron chi connectivity index (χ4n) is 3.11. The smallest absolute Gasteiger partial charge is 0.193 e. The van der Waals surface area contributed by atoms with Crippen molar-refractivity contribution >= 4 is 39.0 Å². The Balaban J connectivity index is 2.12. The molecule has 0 unspecified atom stereocenters. The summed E-state index contributed by atoms with van der Waals surface area (Å²) in [6.07, 6.45) is 0. The van der Waals surface area contributed by atoms with E-state index in [1.54, 1.807) is 0 Å². The normalized spacial score (nSPS) is 17.5. The largest absolute Gasteiger partial charge is 0.351 e. The number of hydrogen-bond acceptors (Lipinski definition) is 2. The van der Waals surface area contributed by atoms with E-state index in [4.69, 9.17) is 12.2 Å². The summed E-state index contributed by atoms with van der Waals surface area (Å²) in [5.74, 6) is 0.0273. The molecule has 2 aromatic carbocycles. The van der Waals surface area contributed by atoms with Crippen LogP contribution in [0.4, 0.5) is 0 Å². The van der Waals surface area contributed by atoms with E-state index in [9.17, 15) is 4.79 Å². The first kappa shape index (κ1) is 17.8. The Labute approximate surface area is 161 Å². The van der Waals surface area contributed by atoms with Gasteiger partial charge in [-0.2, -0.15) is 0 Å². The van der Waals surface area contributed by atoms with E-state index in [0.29, 0.717) is 10.7 Å². The van der Waals surface area contributed by atoms with E-state index in [1.807, 2.05) is 73.3 Å². The third kappa shape index (κ3) is 3.53. The lowest BCUT2D eigenvalue weighted by Crippen LogP contribution is -2.47. The number of allylic oxidation sites excluding steroid dienone is 1. The van der Waals surface area contributed by atoms with Gasteiger partial charge in [0.2, 0.25) is 0 Å². The van der Waals surface area contributed by atoms with Crippen LogP contribution in [0.15, 0.2) is 70.3 Å². The van der Waals surface area contributed by atoms with E-state index in [0.717, 1.165) is 27.9 Å². The van der Waals surface area contributed by atoms with Crippen LogP contribution in [0, 0.1) is 0 Å². The molecule has 25 heavy (non-hydrogen) atoms. The van der Waals surface area contributed by atoms with Gasteiger partial charge in [0.05, 0.1) is 6.04 Å². The third-order valence-electron chi connectivity index (χ3n) is 4.40. The second-order valence-corrected chi connectivity index (χ2v) is 7.17. The van der Waals surface area contributed by atoms with E-state index >= 15 is 0 Å². The fraction of sp³-hybridized carbons (Fsp3) is 0.200. The summed E-state index contributed by atoms with van der Waals surface area (Å²) < 4.78 is 1.00. The molecule has 1 N–H and O–H groups in total. The standard InChI is InChI=1S/C20H19BrN2OS/c1-3-23-13(2)17(19(24)15-7-5-4-6-8-15)18(22-20(23)25)14-9-11-16(21)12-10-14/h4-12,18H,3H2,1-2H3,(H,22,25)/t18-/m0/s1. The number of nitrogens with zero attached hydrogens (tertiary/aromatic N) is 1. The molecular formula is C20H19BrN2OS. The maximum atomic E-state index is 13.3. The van der Waals surface area contributed by atoms with Crippen LogP contribution in [0.1, 0.15) is 35.8 Å². The Morgan fingerprint density at radius 3 is 2.40 bits per heavy atom. The van der Waals surface area contributed by atoms with Gasteiger partial charge in [0.1, 0.15) is 0 Å². The van der Waals surface area contributed by atoms with Crippen LogP contribution in [-0.2, 0) is 0 Å². The van der Waals surface area contributed by atoms with E-state index < -0.39 is 0 Å². The van der Waals surface area contributed by atoms with Crippen LogP contribution < -0.4 is 5.32 Å². The maximum absolute atomic E-state index is 13.3. The highest BCUT2D eigenvalue weighted by molar-refractivity contribution is 9.10. The van der Waals surface area contributed by atoms with Gasteiger partial charge in [-0.25, -0.2) is 0 Å². The molecule has 1 aliphatic rings. The van der Waals surface area contributed by atoms with Gasteiger partial charge < -0.3 is 10.2 Å². The number of hydrogen-bond donors (Lipinski definition) is 1. The third-order valence-corrected chi connectivity index (χ3v) is 5.26. The average Bonchev–Trinajstić information content (AvgIpc) is 2.62. The lowest BCUT2D eigenvalue weighted by atomic mass is 9.89. The molecule has 0 saturated heterocycles. The van der Waals surface area contributed by atoms with Crippen molar-refractivity contribution in [2.24, 2.45) is 0 Å². The number of ketones is 1. The quantitative estimate of drug-likeness (QED) is 0.571. The van der Waals surface area contributed by atoms with Gasteiger partial charge in [0, 0.05) is 27.9 Å². The van der Waals surface area contributed by atoms with Crippen molar-refractivity contribution in [2.75, 3.05) is 6.54 Å². The van der Waals surface area contributed by atoms with E-state index in [1.165, 1.54) is 0 Å². The minimum atomic E-state index is -0.254. The molecule has 0 radical (unpaired) electrons. The molecule has 0 saturated carbocycles. The molecule has 0 spiro atoms. The van der Waals surface area contributed by atoms with Gasteiger partial charge in [-0.05, 0) is 43.8 Å². The molecule has 1 atom stereocenters. The highest BCUT2D eigenvalue weighted by Gasteiger charge is 2.33. The summed E-state index contributed by atoms with van der Waals surface area (Å²) in [7, 11) is 0. The van der Waals surface area contributed by atoms with Crippen LogP contribution in [0.3, 0.4) is 0 Å². The van der Waals surface area contributed by atoms with Gasteiger partial charge in [0.25, 0.3) is 0 Å². The zero-order chi connectivity index (χ0) is 18.0. The van der Waals surface area contributed by atoms with Crippen molar-refractivity contribution in [2.45, 2.75) is 19.9 Å². The van der Waals surface area contributed by atoms with Crippen LogP contribution in [0.5, 0.6) is 0 Å². The van der Waals surface area contributed by atoms with Crippen molar-refractivity contribution in [3.8, 4) is 0 Å². The van der Waals surface area contributed by atoms with Gasteiger partial charge in [-0.3, -0.25) is 4.79 Å². The molecule has 0 aromatic heterocycles. The lowest BCUT2D eigenvalue weighted by Gasteiger charge is -2.37. The molecule has 1 heterocycles. The number of carbonyl (C=O) groups excluding carboxylic acids is 1. The predicted molar refractivity (Wildman–Crippen MR) is 108 cm³/mol. The molecular weight excluding hydrogens is 396 g/mol. The summed E-state index contributed by atoms with van der Waals surface area (Å²) >= 11 is 8.98. The molecule has 128 valence electrons. The first-order valence-electron chi connectivity index (χ1n) is 8.17. The molecule has 5 heteroatoms. The topological polar surface area (TPSA) is 32.3 Å². The fourth-order valence-corrected chi connectivity index (χ4v) is 3.75. The number of benzene rings is 2. The average molecular weight is 415 g/mol. The first-order valence-corrected chi connectivity index (χ1v) is 9.37. The van der Waals surface area contributed by atoms with E-state index in [2.05, 4.69) is 21.2 Å². The molecule has 0 amide bonds. The zero-order valence-corrected chi connectivity index (χ0v) is 16.5. The molecule has 3 rings (SSSR count). The van der Waals surface area contributed by atoms with E-state index in [-0.39, 0.29) is 11.8 Å². The first-order chi connectivity index (χ1) is 12.0. The Morgan fingerprint density at radius 2 is 1.80 bits per heavy atom. The molecule has 2 aromatic rings. The summed E-state index contributed by atoms with van der Waals surface area (Å²) in [5, 5.41) is 4.00. The van der Waals surface area contributed by atoms with Crippen LogP contribution in [0.25, 0.3) is 0 Å². The SMILES string of the molecule is CCN1C(=S)N[C@@H](c2ccc(Br)cc2)C(C(=O)c2ccccc2)=C1C. The Morgan fingerprint density at radius 1 is 1.16 bits per heavy atom. The highest BCUT2D eigenvalue weighted by atomic mass is 79.9. The number of rotatable bonds is 4. The summed E-state index contributed by atoms with van der Waals surface area (Å²) in [5.41, 5.74) is 3.35. The number of Topliss-reactive ketones (excluding diaryl/α,β-unsaturated/α-hetero) is 1.